The van der Waals surface area contributed by atoms with Crippen molar-refractivity contribution in [3.63, 3.8) is 0 Å². The van der Waals surface area contributed by atoms with Crippen molar-refractivity contribution in [3.05, 3.63) is 0 Å². The van der Waals surface area contributed by atoms with E-state index in [4.69, 9.17) is 5.11 Å². The molecule has 0 amide bonds. The molecule has 1 N–H and O–H groups in total. The molecule has 2 aliphatic rings. The third-order valence-corrected chi connectivity index (χ3v) is 3.79. The third kappa shape index (κ3) is 2.71. The molecule has 2 fully saturated rings. The molecule has 3 heteroatoms. The van der Waals surface area contributed by atoms with Crippen LogP contribution in [0.1, 0.15) is 26.7 Å². The van der Waals surface area contributed by atoms with Crippen LogP contribution < -0.4 is 0 Å². The van der Waals surface area contributed by atoms with Crippen molar-refractivity contribution in [1.29, 1.82) is 0 Å². The monoisotopic (exact) mass is 212 g/mol. The molecule has 1 aliphatic carbocycles. The van der Waals surface area contributed by atoms with E-state index >= 15 is 0 Å². The lowest BCUT2D eigenvalue weighted by Crippen LogP contribution is -2.56. The minimum absolute atomic E-state index is 0.298. The summed E-state index contributed by atoms with van der Waals surface area (Å²) in [7, 11) is 0. The van der Waals surface area contributed by atoms with Crippen molar-refractivity contribution >= 4 is 0 Å². The maximum absolute atomic E-state index is 9.05. The number of aliphatic hydroxyl groups excluding tert-OH is 1. The highest BCUT2D eigenvalue weighted by Crippen LogP contribution is 2.30. The normalized spacial score (nSPS) is 30.0. The molecule has 0 bridgehead atoms. The summed E-state index contributed by atoms with van der Waals surface area (Å²) < 4.78 is 0. The van der Waals surface area contributed by atoms with Crippen LogP contribution in [0.15, 0.2) is 0 Å². The van der Waals surface area contributed by atoms with Gasteiger partial charge in [-0.05, 0) is 18.8 Å². The van der Waals surface area contributed by atoms with Gasteiger partial charge in [0.2, 0.25) is 0 Å². The molecular weight excluding hydrogens is 188 g/mol. The van der Waals surface area contributed by atoms with Crippen LogP contribution in [0.5, 0.6) is 0 Å². The quantitative estimate of drug-likeness (QED) is 0.746. The first-order valence-corrected chi connectivity index (χ1v) is 6.31. The topological polar surface area (TPSA) is 26.7 Å². The van der Waals surface area contributed by atoms with E-state index in [-0.39, 0.29) is 0 Å². The number of rotatable bonds is 4. The van der Waals surface area contributed by atoms with Gasteiger partial charge in [-0.15, -0.1) is 0 Å². The second kappa shape index (κ2) is 4.81. The van der Waals surface area contributed by atoms with Crippen molar-refractivity contribution in [2.75, 3.05) is 32.8 Å². The van der Waals surface area contributed by atoms with Crippen molar-refractivity contribution in [3.8, 4) is 0 Å². The van der Waals surface area contributed by atoms with Gasteiger partial charge in [0.05, 0.1) is 6.61 Å². The third-order valence-electron chi connectivity index (χ3n) is 3.79. The molecule has 1 atom stereocenters. The highest BCUT2D eigenvalue weighted by atomic mass is 16.3. The summed E-state index contributed by atoms with van der Waals surface area (Å²) in [6, 6.07) is 1.54. The Kier molecular flexibility index (Phi) is 3.65. The molecule has 15 heavy (non-hydrogen) atoms. The van der Waals surface area contributed by atoms with Crippen LogP contribution >= 0.6 is 0 Å². The van der Waals surface area contributed by atoms with E-state index in [9.17, 15) is 0 Å². The van der Waals surface area contributed by atoms with Crippen molar-refractivity contribution in [2.24, 2.45) is 5.92 Å². The molecule has 1 aliphatic heterocycles. The Morgan fingerprint density at radius 1 is 1.27 bits per heavy atom. The molecule has 0 spiro atoms. The number of nitrogens with zero attached hydrogens (tertiary/aromatic N) is 2. The van der Waals surface area contributed by atoms with Crippen LogP contribution in [0.4, 0.5) is 0 Å². The average Bonchev–Trinajstić information content (AvgIpc) is 3.02. The fraction of sp³-hybridized carbons (Fsp3) is 1.00. The number of β-amino-alcohol motifs (C(OH)–C–C–N with tert-alkyl or cyclic N) is 1. The lowest BCUT2D eigenvalue weighted by atomic mass is 9.99. The Labute approximate surface area is 93.1 Å². The van der Waals surface area contributed by atoms with Gasteiger partial charge in [-0.3, -0.25) is 9.80 Å². The molecule has 3 nitrogen and oxygen atoms in total. The number of hydrogen-bond donors (Lipinski definition) is 1. The van der Waals surface area contributed by atoms with Gasteiger partial charge in [0.15, 0.2) is 0 Å². The zero-order chi connectivity index (χ0) is 10.8. The average molecular weight is 212 g/mol. The zero-order valence-electron chi connectivity index (χ0n) is 10.0. The Balaban J connectivity index is 1.91. The Bertz CT molecular complexity index is 204. The molecule has 1 unspecified atom stereocenters. The van der Waals surface area contributed by atoms with Crippen molar-refractivity contribution in [1.82, 2.24) is 9.80 Å². The Hall–Kier alpha value is -0.120. The maximum atomic E-state index is 9.05. The van der Waals surface area contributed by atoms with Gasteiger partial charge in [0.1, 0.15) is 0 Å². The molecule has 88 valence electrons. The smallest absolute Gasteiger partial charge is 0.0558 e. The van der Waals surface area contributed by atoms with Crippen LogP contribution in [0.25, 0.3) is 0 Å². The molecule has 0 aromatic heterocycles. The molecule has 1 heterocycles. The highest BCUT2D eigenvalue weighted by molar-refractivity contribution is 4.92. The molecule has 0 aromatic carbocycles. The van der Waals surface area contributed by atoms with Crippen LogP contribution in [-0.2, 0) is 0 Å². The van der Waals surface area contributed by atoms with Crippen LogP contribution in [0, 0.1) is 5.92 Å². The predicted molar refractivity (Wildman–Crippen MR) is 61.9 cm³/mol. The second-order valence-corrected chi connectivity index (χ2v) is 5.30. The summed E-state index contributed by atoms with van der Waals surface area (Å²) in [4.78, 5) is 5.11. The first kappa shape index (κ1) is 11.4. The first-order valence-electron chi connectivity index (χ1n) is 6.31. The number of aliphatic hydroxyl groups is 1. The minimum Gasteiger partial charge on any atom is -0.395 e. The molecule has 0 aromatic rings. The summed E-state index contributed by atoms with van der Waals surface area (Å²) in [6.07, 6.45) is 2.82. The Morgan fingerprint density at radius 2 is 2.00 bits per heavy atom. The predicted octanol–water partition coefficient (Wildman–Crippen LogP) is 0.783. The van der Waals surface area contributed by atoms with E-state index in [0.29, 0.717) is 18.6 Å². The van der Waals surface area contributed by atoms with E-state index in [1.165, 1.54) is 25.9 Å². The van der Waals surface area contributed by atoms with Crippen LogP contribution in [0.2, 0.25) is 0 Å². The van der Waals surface area contributed by atoms with Gasteiger partial charge < -0.3 is 5.11 Å². The van der Waals surface area contributed by atoms with Crippen molar-refractivity contribution in [2.45, 2.75) is 38.8 Å². The van der Waals surface area contributed by atoms with Crippen molar-refractivity contribution < 1.29 is 5.11 Å². The van der Waals surface area contributed by atoms with Crippen LogP contribution in [-0.4, -0.2) is 59.8 Å². The van der Waals surface area contributed by atoms with E-state index in [0.717, 1.165) is 19.1 Å². The maximum Gasteiger partial charge on any atom is 0.0558 e. The lowest BCUT2D eigenvalue weighted by Gasteiger charge is -2.43. The van der Waals surface area contributed by atoms with E-state index < -0.39 is 0 Å². The van der Waals surface area contributed by atoms with E-state index in [1.807, 2.05) is 0 Å². The summed E-state index contributed by atoms with van der Waals surface area (Å²) in [5.41, 5.74) is 0. The van der Waals surface area contributed by atoms with Gasteiger partial charge in [-0.1, -0.05) is 13.8 Å². The summed E-state index contributed by atoms with van der Waals surface area (Å²) in [5.74, 6) is 0.693. The van der Waals surface area contributed by atoms with E-state index in [1.54, 1.807) is 0 Å². The zero-order valence-corrected chi connectivity index (χ0v) is 10.0. The second-order valence-electron chi connectivity index (χ2n) is 5.30. The van der Waals surface area contributed by atoms with E-state index in [2.05, 4.69) is 23.6 Å². The molecule has 2 rings (SSSR count). The van der Waals surface area contributed by atoms with Gasteiger partial charge in [0, 0.05) is 38.3 Å². The number of hydrogen-bond acceptors (Lipinski definition) is 3. The van der Waals surface area contributed by atoms with Gasteiger partial charge in [-0.2, -0.15) is 0 Å². The molecule has 1 saturated heterocycles. The van der Waals surface area contributed by atoms with Crippen LogP contribution in [0.3, 0.4) is 0 Å². The summed E-state index contributed by atoms with van der Waals surface area (Å²) >= 11 is 0. The summed E-state index contributed by atoms with van der Waals surface area (Å²) in [6.45, 7) is 9.29. The van der Waals surface area contributed by atoms with Gasteiger partial charge in [-0.25, -0.2) is 0 Å². The van der Waals surface area contributed by atoms with Gasteiger partial charge in [0.25, 0.3) is 0 Å². The lowest BCUT2D eigenvalue weighted by molar-refractivity contribution is 0.0346. The highest BCUT2D eigenvalue weighted by Gasteiger charge is 2.36. The fourth-order valence-electron chi connectivity index (χ4n) is 2.68. The SMILES string of the molecule is CC(C)C1CN(C2CC2)CCN1CCO. The molecule has 0 radical (unpaired) electrons. The van der Waals surface area contributed by atoms with Gasteiger partial charge >= 0.3 is 0 Å². The molecular formula is C12H24N2O. The largest absolute Gasteiger partial charge is 0.395 e. The minimum atomic E-state index is 0.298. The first-order chi connectivity index (χ1) is 7.22. The molecule has 1 saturated carbocycles. The Morgan fingerprint density at radius 3 is 2.53 bits per heavy atom. The number of piperazine rings is 1. The summed E-state index contributed by atoms with van der Waals surface area (Å²) in [5, 5.41) is 9.05. The standard InChI is InChI=1S/C12H24N2O/c1-10(2)12-9-14(11-3-4-11)6-5-13(12)7-8-15/h10-12,15H,3-9H2,1-2H3. The fourth-order valence-corrected chi connectivity index (χ4v) is 2.68.